The second-order valence-electron chi connectivity index (χ2n) is 9.53. The molecule has 0 saturated carbocycles. The van der Waals surface area contributed by atoms with Gasteiger partial charge < -0.3 is 9.64 Å². The van der Waals surface area contributed by atoms with Crippen LogP contribution in [-0.4, -0.2) is 44.8 Å². The van der Waals surface area contributed by atoms with Gasteiger partial charge in [-0.1, -0.05) is 68.1 Å². The minimum absolute atomic E-state index is 0.297. The lowest BCUT2D eigenvalue weighted by Crippen LogP contribution is -2.34. The zero-order chi connectivity index (χ0) is 28.8. The number of alkyl halides is 3. The second-order valence-corrected chi connectivity index (χ2v) is 10.6. The molecular formula is C30H29F3N6OS. The normalized spacial score (nSPS) is 15.9. The predicted molar refractivity (Wildman–Crippen MR) is 158 cm³/mol. The Hall–Kier alpha value is -4.12. The molecule has 0 aliphatic carbocycles. The van der Waals surface area contributed by atoms with Crippen LogP contribution >= 0.6 is 11.8 Å². The summed E-state index contributed by atoms with van der Waals surface area (Å²) in [6.45, 7) is 5.37. The number of anilines is 1. The molecule has 212 valence electrons. The van der Waals surface area contributed by atoms with E-state index in [2.05, 4.69) is 68.0 Å². The zero-order valence-corrected chi connectivity index (χ0v) is 23.4. The van der Waals surface area contributed by atoms with Gasteiger partial charge in [0, 0.05) is 23.5 Å². The van der Waals surface area contributed by atoms with Crippen LogP contribution in [0.15, 0.2) is 89.3 Å². The Labute approximate surface area is 240 Å². The lowest BCUT2D eigenvalue weighted by molar-refractivity contribution is -0.274. The van der Waals surface area contributed by atoms with Crippen molar-refractivity contribution >= 4 is 28.8 Å². The van der Waals surface area contributed by atoms with Gasteiger partial charge in [-0.05, 0) is 60.2 Å². The summed E-state index contributed by atoms with van der Waals surface area (Å²) in [6.07, 6.45) is 0.655. The number of hydrogen-bond acceptors (Lipinski definition) is 6. The highest BCUT2D eigenvalue weighted by Gasteiger charge is 2.31. The molecule has 41 heavy (non-hydrogen) atoms. The summed E-state index contributed by atoms with van der Waals surface area (Å²) in [7, 11) is 0. The van der Waals surface area contributed by atoms with Gasteiger partial charge in [-0.3, -0.25) is 0 Å². The maximum absolute atomic E-state index is 12.4. The number of aromatic nitrogens is 3. The third-order valence-corrected chi connectivity index (χ3v) is 7.76. The molecule has 1 aromatic heterocycles. The summed E-state index contributed by atoms with van der Waals surface area (Å²) in [5.74, 6) is 1.66. The van der Waals surface area contributed by atoms with Gasteiger partial charge in [0.25, 0.3) is 0 Å². The first kappa shape index (κ1) is 28.4. The maximum atomic E-state index is 12.4. The summed E-state index contributed by atoms with van der Waals surface area (Å²) < 4.78 is 42.6. The Morgan fingerprint density at radius 1 is 1.05 bits per heavy atom. The molecule has 2 heterocycles. The topological polar surface area (TPSA) is 67.9 Å². The first-order chi connectivity index (χ1) is 19.8. The lowest BCUT2D eigenvalue weighted by atomic mass is 9.96. The molecule has 1 saturated heterocycles. The van der Waals surface area contributed by atoms with Crippen molar-refractivity contribution < 1.29 is 17.9 Å². The van der Waals surface area contributed by atoms with Crippen molar-refractivity contribution in [2.45, 2.75) is 39.0 Å². The number of thioether (sulfide) groups is 1. The number of para-hydroxylation sites is 1. The zero-order valence-electron chi connectivity index (χ0n) is 22.6. The molecule has 3 aromatic carbocycles. The van der Waals surface area contributed by atoms with Gasteiger partial charge >= 0.3 is 6.36 Å². The lowest BCUT2D eigenvalue weighted by Gasteiger charge is -2.31. The van der Waals surface area contributed by atoms with Gasteiger partial charge in [0.05, 0.1) is 11.9 Å². The Morgan fingerprint density at radius 2 is 1.80 bits per heavy atom. The van der Waals surface area contributed by atoms with Crippen LogP contribution in [0.25, 0.3) is 17.1 Å². The number of hydrogen-bond donors (Lipinski definition) is 0. The van der Waals surface area contributed by atoms with Crippen molar-refractivity contribution in [1.29, 1.82) is 0 Å². The average Bonchev–Trinajstić information content (AvgIpc) is 3.47. The second kappa shape index (κ2) is 12.6. The first-order valence-electron chi connectivity index (χ1n) is 13.3. The minimum atomic E-state index is -4.74. The predicted octanol–water partition coefficient (Wildman–Crippen LogP) is 7.68. The first-order valence-corrected chi connectivity index (χ1v) is 14.3. The van der Waals surface area contributed by atoms with Gasteiger partial charge in [0.1, 0.15) is 12.1 Å². The van der Waals surface area contributed by atoms with Gasteiger partial charge in [-0.15, -0.1) is 23.4 Å². The molecule has 0 radical (unpaired) electrons. The highest BCUT2D eigenvalue weighted by Crippen LogP contribution is 2.33. The van der Waals surface area contributed by atoms with Crippen molar-refractivity contribution in [3.05, 3.63) is 90.3 Å². The van der Waals surface area contributed by atoms with Crippen molar-refractivity contribution in [2.24, 2.45) is 10.2 Å². The van der Waals surface area contributed by atoms with E-state index in [1.807, 2.05) is 24.3 Å². The number of ether oxygens (including phenoxy) is 1. The molecule has 1 fully saturated rings. The number of halogens is 3. The molecule has 1 atom stereocenters. The van der Waals surface area contributed by atoms with Crippen molar-refractivity contribution in [1.82, 2.24) is 14.8 Å². The molecule has 0 N–H and O–H groups in total. The molecule has 0 bridgehead atoms. The standard InChI is InChI=1S/C30H29F3N6OS/c1-3-21(2)26-7-4-5-8-27(26)38-17-6-18-41-29(38)36-35-19-22-9-11-23(12-10-22)28-34-20-39(37-28)24-13-15-25(16-14-24)40-30(31,32)33/h4-5,7-16,19-21H,3,6,17-18H2,1-2H3/b35-19+,36-29-. The van der Waals surface area contributed by atoms with Gasteiger partial charge in [-0.25, -0.2) is 9.67 Å². The molecule has 1 unspecified atom stereocenters. The van der Waals surface area contributed by atoms with E-state index in [0.29, 0.717) is 17.4 Å². The number of amidine groups is 1. The number of nitrogens with zero attached hydrogens (tertiary/aromatic N) is 6. The maximum Gasteiger partial charge on any atom is 0.573 e. The van der Waals surface area contributed by atoms with Crippen LogP contribution < -0.4 is 9.64 Å². The van der Waals surface area contributed by atoms with Crippen LogP contribution in [0, 0.1) is 0 Å². The van der Waals surface area contributed by atoms with E-state index in [4.69, 9.17) is 0 Å². The number of benzene rings is 3. The fourth-order valence-electron chi connectivity index (χ4n) is 4.42. The summed E-state index contributed by atoms with van der Waals surface area (Å²) >= 11 is 1.72. The smallest absolute Gasteiger partial charge is 0.406 e. The molecule has 0 amide bonds. The summed E-state index contributed by atoms with van der Waals surface area (Å²) in [5.41, 5.74) is 4.76. The molecule has 11 heteroatoms. The Morgan fingerprint density at radius 3 is 2.54 bits per heavy atom. The van der Waals surface area contributed by atoms with Crippen LogP contribution in [0.5, 0.6) is 5.75 Å². The van der Waals surface area contributed by atoms with Gasteiger partial charge in [0.2, 0.25) is 0 Å². The van der Waals surface area contributed by atoms with Crippen molar-refractivity contribution in [3.63, 3.8) is 0 Å². The SMILES string of the molecule is CCC(C)c1ccccc1N1CCCS/C1=N\N=C\c1ccc(-c2ncn(-c3ccc(OC(F)(F)F)cc3)n2)cc1. The highest BCUT2D eigenvalue weighted by atomic mass is 32.2. The van der Waals surface area contributed by atoms with E-state index in [-0.39, 0.29) is 5.75 Å². The van der Waals surface area contributed by atoms with E-state index >= 15 is 0 Å². The molecule has 0 spiro atoms. The monoisotopic (exact) mass is 578 g/mol. The van der Waals surface area contributed by atoms with Crippen LogP contribution in [0.3, 0.4) is 0 Å². The highest BCUT2D eigenvalue weighted by molar-refractivity contribution is 8.14. The fourth-order valence-corrected chi connectivity index (χ4v) is 5.33. The Balaban J connectivity index is 1.27. The van der Waals surface area contributed by atoms with E-state index in [0.717, 1.165) is 41.4 Å². The molecule has 7 nitrogen and oxygen atoms in total. The largest absolute Gasteiger partial charge is 0.573 e. The molecule has 1 aliphatic heterocycles. The molecule has 1 aliphatic rings. The van der Waals surface area contributed by atoms with E-state index in [1.165, 1.54) is 46.5 Å². The number of rotatable bonds is 8. The minimum Gasteiger partial charge on any atom is -0.406 e. The van der Waals surface area contributed by atoms with Crippen LogP contribution in [-0.2, 0) is 0 Å². The Kier molecular flexibility index (Phi) is 8.72. The Bertz CT molecular complexity index is 1520. The molecule has 5 rings (SSSR count). The van der Waals surface area contributed by atoms with Crippen LogP contribution in [0.2, 0.25) is 0 Å². The third-order valence-electron chi connectivity index (χ3n) is 6.70. The van der Waals surface area contributed by atoms with Crippen molar-refractivity contribution in [2.75, 3.05) is 17.2 Å². The average molecular weight is 579 g/mol. The summed E-state index contributed by atoms with van der Waals surface area (Å²) in [5, 5.41) is 14.3. The third kappa shape index (κ3) is 7.15. The molecule has 4 aromatic rings. The van der Waals surface area contributed by atoms with E-state index < -0.39 is 6.36 Å². The van der Waals surface area contributed by atoms with Crippen molar-refractivity contribution in [3.8, 4) is 22.8 Å². The van der Waals surface area contributed by atoms with Crippen LogP contribution in [0.1, 0.15) is 43.7 Å². The summed E-state index contributed by atoms with van der Waals surface area (Å²) in [4.78, 5) is 6.61. The quantitative estimate of drug-likeness (QED) is 0.158. The van der Waals surface area contributed by atoms with Gasteiger partial charge in [-0.2, -0.15) is 5.10 Å². The van der Waals surface area contributed by atoms with E-state index in [9.17, 15) is 13.2 Å². The van der Waals surface area contributed by atoms with E-state index in [1.54, 1.807) is 18.0 Å². The fraction of sp³-hybridized carbons (Fsp3) is 0.267. The molecular weight excluding hydrogens is 549 g/mol. The van der Waals surface area contributed by atoms with Crippen LogP contribution in [0.4, 0.5) is 18.9 Å². The van der Waals surface area contributed by atoms with Gasteiger partial charge in [0.15, 0.2) is 11.0 Å². The summed E-state index contributed by atoms with van der Waals surface area (Å²) in [6, 6.07) is 21.6.